The van der Waals surface area contributed by atoms with Crippen molar-refractivity contribution >= 4 is 109 Å². The van der Waals surface area contributed by atoms with Crippen LogP contribution in [0.4, 0.5) is 28.8 Å². The van der Waals surface area contributed by atoms with Gasteiger partial charge in [0.1, 0.15) is 17.5 Å². The van der Waals surface area contributed by atoms with Crippen LogP contribution in [0.15, 0.2) is 77.7 Å². The second kappa shape index (κ2) is 32.2. The summed E-state index contributed by atoms with van der Waals surface area (Å²) in [6.07, 6.45) is 14.7. The van der Waals surface area contributed by atoms with Crippen LogP contribution in [0.3, 0.4) is 0 Å². The molecular formula is C66H96BrN15O5S3. The first-order valence-electron chi connectivity index (χ1n) is 31.6. The number of aromatic amines is 1. The number of thiophene rings is 3. The molecule has 12 N–H and O–H groups in total. The van der Waals surface area contributed by atoms with Gasteiger partial charge in [-0.2, -0.15) is 15.3 Å². The summed E-state index contributed by atoms with van der Waals surface area (Å²) >= 11 is 8.78. The number of halogens is 1. The molecule has 5 atom stereocenters. The summed E-state index contributed by atoms with van der Waals surface area (Å²) in [5.74, 6) is 3.76. The summed E-state index contributed by atoms with van der Waals surface area (Å²) in [5.41, 5.74) is 19.0. The number of H-pyrrole nitrogens is 1. The zero-order valence-corrected chi connectivity index (χ0v) is 58.5. The number of aliphatic hydroxyl groups is 3. The number of nitrogens with one attached hydrogen (secondary N) is 5. The lowest BCUT2D eigenvalue weighted by Gasteiger charge is -2.24. The predicted molar refractivity (Wildman–Crippen MR) is 378 cm³/mol. The topological polar surface area (TPSA) is 282 Å². The van der Waals surface area contributed by atoms with Crippen molar-refractivity contribution in [2.24, 2.45) is 23.5 Å². The van der Waals surface area contributed by atoms with Crippen LogP contribution in [0.2, 0.25) is 0 Å². The maximum absolute atomic E-state index is 9.98. The third-order valence-corrected chi connectivity index (χ3v) is 19.0. The second-order valence-corrected chi connectivity index (χ2v) is 30.7. The second-order valence-electron chi connectivity index (χ2n) is 26.7. The van der Waals surface area contributed by atoms with E-state index in [1.807, 2.05) is 40.0 Å². The molecule has 20 nitrogen and oxygen atoms in total. The molecule has 2 saturated heterocycles. The Morgan fingerprint density at radius 1 is 0.600 bits per heavy atom. The fourth-order valence-corrected chi connectivity index (χ4v) is 14.7. The number of ether oxygens (including phenoxy) is 2. The van der Waals surface area contributed by atoms with Crippen LogP contribution in [0.5, 0.6) is 0 Å². The van der Waals surface area contributed by atoms with Crippen molar-refractivity contribution in [2.45, 2.75) is 183 Å². The monoisotopic (exact) mass is 1350 g/mol. The van der Waals surface area contributed by atoms with Crippen LogP contribution in [0, 0.1) is 17.8 Å². The van der Waals surface area contributed by atoms with Gasteiger partial charge >= 0.3 is 0 Å². The van der Waals surface area contributed by atoms with Crippen molar-refractivity contribution < 1.29 is 24.8 Å². The first kappa shape index (κ1) is 70.1. The van der Waals surface area contributed by atoms with E-state index in [1.54, 1.807) is 40.2 Å². The highest BCUT2D eigenvalue weighted by Crippen LogP contribution is 2.43. The van der Waals surface area contributed by atoms with E-state index in [9.17, 15) is 10.2 Å². The van der Waals surface area contributed by atoms with Gasteiger partial charge in [0.25, 0.3) is 0 Å². The molecule has 2 aliphatic rings. The Morgan fingerprint density at radius 3 is 1.51 bits per heavy atom. The molecule has 9 aromatic rings. The predicted octanol–water partition coefficient (Wildman–Crippen LogP) is 15.2. The highest BCUT2D eigenvalue weighted by atomic mass is 79.9. The Labute approximate surface area is 550 Å². The molecule has 0 spiro atoms. The van der Waals surface area contributed by atoms with E-state index in [4.69, 9.17) is 36.0 Å². The molecule has 11 heterocycles. The Morgan fingerprint density at radius 2 is 1.07 bits per heavy atom. The van der Waals surface area contributed by atoms with Gasteiger partial charge in [-0.1, -0.05) is 41.5 Å². The number of nitrogen functional groups attached to an aromatic ring is 1. The van der Waals surface area contributed by atoms with E-state index >= 15 is 0 Å². The number of nitrogens with zero attached hydrogens (tertiary/aromatic N) is 8. The number of hydrogen-bond acceptors (Lipinski definition) is 20. The number of aromatic nitrogens is 9. The number of pyridine rings is 3. The van der Waals surface area contributed by atoms with Crippen molar-refractivity contribution in [2.75, 3.05) is 60.0 Å². The molecule has 0 aliphatic carbocycles. The van der Waals surface area contributed by atoms with E-state index in [1.165, 1.54) is 6.42 Å². The standard InChI is InChI=1S/C25H37N5O2S.C19H23BrN4OS.C16H21N5OS.C6H15NO/c1-16(2)12-17(15-31)27-19-14-22(29-25(3,4)5)28-18-13-21(33-24(18)19)20-9-10-26-30(20)23-8-6-7-11-32-23;1-19(2,3)23-16-10-12(20)18-13(22-16)11-15(26-18)14-7-8-21-24(14)17-6-4-5-9-25-17;1-9(2)5-10(8-22)19-13-7-15(17)20-12-6-14(23-16(12)13)11-3-4-18-21-11;1-5(2)3-6(7)4-8/h9-10,13-14,16-17,23,31H,6-8,11-12,15H2,1-5H3,(H2,27,28,29);7-8,10-11,17H,4-6,9H2,1-3H3,(H,22,23);3-4,6-7,9-10,22H,5,8H2,1-2H3,(H,18,21)(H3,17,19,20);5-6,8H,3-4,7H2,1-2H3/t17-,23?;;10-;6-/m1.11/s1. The van der Waals surface area contributed by atoms with Crippen molar-refractivity contribution in [3.05, 3.63) is 77.7 Å². The third kappa shape index (κ3) is 19.9. The first-order chi connectivity index (χ1) is 42.9. The summed E-state index contributed by atoms with van der Waals surface area (Å²) < 4.78 is 20.3. The fourth-order valence-electron chi connectivity index (χ4n) is 10.9. The van der Waals surface area contributed by atoms with Gasteiger partial charge < -0.3 is 57.5 Å². The summed E-state index contributed by atoms with van der Waals surface area (Å²) in [7, 11) is 0. The molecule has 0 aromatic carbocycles. The highest BCUT2D eigenvalue weighted by molar-refractivity contribution is 9.10. The smallest absolute Gasteiger partial charge is 0.150 e. The highest BCUT2D eigenvalue weighted by Gasteiger charge is 2.25. The van der Waals surface area contributed by atoms with Crippen molar-refractivity contribution in [3.8, 4) is 31.7 Å². The van der Waals surface area contributed by atoms with E-state index in [-0.39, 0.29) is 61.5 Å². The molecular weight excluding hydrogens is 1260 g/mol. The fraction of sp³-hybridized carbons (Fsp3) is 0.545. The SMILES string of the molecule is CC(C)(C)Nc1cc(Br)c2sc(-c3ccnn3C3CCCCO3)cc2n1.CC(C)C[C@@H](N)CO.CC(C)C[C@H](CO)Nc1cc(N)nc2cc(-c3ccn[nH]3)sc12.CC(C)C[C@H](CO)Nc1cc(NC(C)(C)C)nc2cc(-c3ccnn3C3CCCCO3)sc12. The Balaban J connectivity index is 0.000000166. The van der Waals surface area contributed by atoms with E-state index in [2.05, 4.69) is 182 Å². The average molecular weight is 1360 g/mol. The molecule has 24 heteroatoms. The minimum Gasteiger partial charge on any atom is -0.395 e. The van der Waals surface area contributed by atoms with Gasteiger partial charge in [0, 0.05) is 77.6 Å². The van der Waals surface area contributed by atoms with Crippen LogP contribution in [0.25, 0.3) is 62.4 Å². The average Bonchev–Trinajstić information content (AvgIpc) is 1.75. The number of rotatable bonds is 20. The quantitative estimate of drug-likeness (QED) is 0.0339. The third-order valence-electron chi connectivity index (χ3n) is 14.6. The van der Waals surface area contributed by atoms with Crippen molar-refractivity contribution in [1.82, 2.24) is 44.7 Å². The first-order valence-corrected chi connectivity index (χ1v) is 34.8. The van der Waals surface area contributed by atoms with E-state index in [0.717, 1.165) is 154 Å². The van der Waals surface area contributed by atoms with E-state index in [0.29, 0.717) is 23.6 Å². The molecule has 2 unspecified atom stereocenters. The minimum atomic E-state index is -0.109. The normalized spacial score (nSPS) is 16.5. The number of hydrogen-bond donors (Lipinski definition) is 10. The molecule has 9 aromatic heterocycles. The zero-order chi connectivity index (χ0) is 64.9. The van der Waals surface area contributed by atoms with Gasteiger partial charge in [0.2, 0.25) is 0 Å². The summed E-state index contributed by atoms with van der Waals surface area (Å²) in [4.78, 5) is 17.5. The number of fused-ring (bicyclic) bond motifs is 3. The van der Waals surface area contributed by atoms with Gasteiger partial charge in [-0.15, -0.1) is 34.0 Å². The van der Waals surface area contributed by atoms with Gasteiger partial charge in [-0.05, 0) is 175 Å². The lowest BCUT2D eigenvalue weighted by molar-refractivity contribution is -0.0384. The maximum Gasteiger partial charge on any atom is 0.150 e. The number of anilines is 5. The van der Waals surface area contributed by atoms with Gasteiger partial charge in [0.15, 0.2) is 12.5 Å². The molecule has 0 saturated carbocycles. The van der Waals surface area contributed by atoms with Crippen LogP contribution in [0.1, 0.15) is 153 Å². The Bertz CT molecular complexity index is 3640. The number of aliphatic hydroxyl groups excluding tert-OH is 3. The molecule has 0 bridgehead atoms. The number of nitrogens with two attached hydrogens (primary N) is 2. The molecule has 2 aliphatic heterocycles. The van der Waals surface area contributed by atoms with Gasteiger partial charge in [-0.3, -0.25) is 5.10 Å². The largest absolute Gasteiger partial charge is 0.395 e. The lowest BCUT2D eigenvalue weighted by Crippen LogP contribution is -2.27. The van der Waals surface area contributed by atoms with Crippen molar-refractivity contribution in [3.63, 3.8) is 0 Å². The van der Waals surface area contributed by atoms with E-state index < -0.39 is 0 Å². The summed E-state index contributed by atoms with van der Waals surface area (Å²) in [5, 5.41) is 58.1. The summed E-state index contributed by atoms with van der Waals surface area (Å²) in [6, 6.07) is 18.3. The Hall–Kier alpha value is -5.80. The summed E-state index contributed by atoms with van der Waals surface area (Å²) in [6.45, 7) is 27.5. The van der Waals surface area contributed by atoms with Crippen LogP contribution >= 0.6 is 49.9 Å². The van der Waals surface area contributed by atoms with Gasteiger partial charge in [-0.25, -0.2) is 24.3 Å². The van der Waals surface area contributed by atoms with Crippen molar-refractivity contribution in [1.29, 1.82) is 0 Å². The van der Waals surface area contributed by atoms with Crippen LogP contribution in [-0.4, -0.2) is 122 Å². The van der Waals surface area contributed by atoms with Crippen LogP contribution < -0.4 is 32.7 Å². The molecule has 90 heavy (non-hydrogen) atoms. The Kier molecular flexibility index (Phi) is 25.0. The molecule has 0 radical (unpaired) electrons. The zero-order valence-electron chi connectivity index (χ0n) is 54.4. The maximum atomic E-state index is 9.98. The molecule has 490 valence electrons. The molecule has 0 amide bonds. The lowest BCUT2D eigenvalue weighted by atomic mass is 10.0. The van der Waals surface area contributed by atoms with Gasteiger partial charge in [0.05, 0.1) is 93.6 Å². The van der Waals surface area contributed by atoms with Crippen LogP contribution in [-0.2, 0) is 9.47 Å². The minimum absolute atomic E-state index is 0.00213. The molecule has 2 fully saturated rings. The molecule has 11 rings (SSSR count).